The summed E-state index contributed by atoms with van der Waals surface area (Å²) in [5.41, 5.74) is 10.2. The Morgan fingerprint density at radius 3 is 2.40 bits per heavy atom. The molecule has 0 spiro atoms. The quantitative estimate of drug-likeness (QED) is 0.208. The highest BCUT2D eigenvalue weighted by atomic mass is 16.4. The molecule has 4 unspecified atom stereocenters. The largest absolute Gasteiger partial charge is 0.481 e. The summed E-state index contributed by atoms with van der Waals surface area (Å²) in [7, 11) is 0. The number of carboxylic acid groups (broad SMARTS) is 1. The number of hydrogen-bond acceptors (Lipinski definition) is 5. The van der Waals surface area contributed by atoms with E-state index in [2.05, 4.69) is 10.3 Å². The Labute approximate surface area is 85.6 Å². The normalized spacial score (nSPS) is 35.9. The second-order valence-electron chi connectivity index (χ2n) is 3.33. The first-order chi connectivity index (χ1) is 6.93. The lowest BCUT2D eigenvalue weighted by Gasteiger charge is -2.34. The molecule has 8 N–H and O–H groups in total. The van der Waals surface area contributed by atoms with E-state index in [0.29, 0.717) is 0 Å². The summed E-state index contributed by atoms with van der Waals surface area (Å²) in [5.74, 6) is -2.49. The van der Waals surface area contributed by atoms with Crippen LogP contribution in [0.3, 0.4) is 0 Å². The topological polar surface area (TPSA) is 154 Å². The van der Waals surface area contributed by atoms with Crippen LogP contribution >= 0.6 is 0 Å². The van der Waals surface area contributed by atoms with Crippen LogP contribution in [-0.4, -0.2) is 52.2 Å². The monoisotopic (exact) mass is 218 g/mol. The molecule has 0 aromatic carbocycles. The molecule has 1 aliphatic heterocycles. The Hall–Kier alpha value is -1.38. The Morgan fingerprint density at radius 1 is 1.33 bits per heavy atom. The van der Waals surface area contributed by atoms with Gasteiger partial charge < -0.3 is 26.8 Å². The van der Waals surface area contributed by atoms with Gasteiger partial charge >= 0.3 is 5.97 Å². The second kappa shape index (κ2) is 4.43. The molecule has 8 nitrogen and oxygen atoms in total. The molecule has 1 heterocycles. The average molecular weight is 218 g/mol. The van der Waals surface area contributed by atoms with Crippen molar-refractivity contribution in [3.63, 3.8) is 0 Å². The van der Waals surface area contributed by atoms with Crippen LogP contribution in [-0.2, 0) is 4.79 Å². The molecular weight excluding hydrogens is 204 g/mol. The van der Waals surface area contributed by atoms with Crippen molar-refractivity contribution >= 4 is 11.9 Å². The number of aliphatic imine (C=N–C) groups is 1. The zero-order valence-electron chi connectivity index (χ0n) is 7.87. The third kappa shape index (κ3) is 2.55. The highest BCUT2D eigenvalue weighted by molar-refractivity contribution is 5.76. The summed E-state index contributed by atoms with van der Waals surface area (Å²) in [6.45, 7) is -0.00495. The third-order valence-corrected chi connectivity index (χ3v) is 2.24. The highest BCUT2D eigenvalue weighted by Gasteiger charge is 2.40. The van der Waals surface area contributed by atoms with Gasteiger partial charge in [0, 0.05) is 6.54 Å². The van der Waals surface area contributed by atoms with Crippen molar-refractivity contribution in [1.82, 2.24) is 5.32 Å². The van der Waals surface area contributed by atoms with Crippen molar-refractivity contribution in [2.24, 2.45) is 22.4 Å². The lowest BCUT2D eigenvalue weighted by atomic mass is 9.92. The molecule has 1 fully saturated rings. The van der Waals surface area contributed by atoms with E-state index in [0.717, 1.165) is 0 Å². The van der Waals surface area contributed by atoms with Crippen molar-refractivity contribution in [2.75, 3.05) is 6.54 Å². The van der Waals surface area contributed by atoms with Crippen LogP contribution < -0.4 is 16.8 Å². The molecule has 0 amide bonds. The van der Waals surface area contributed by atoms with E-state index in [1.54, 1.807) is 0 Å². The van der Waals surface area contributed by atoms with Crippen molar-refractivity contribution in [1.29, 1.82) is 0 Å². The van der Waals surface area contributed by atoms with E-state index in [9.17, 15) is 15.0 Å². The lowest BCUT2D eigenvalue weighted by molar-refractivity contribution is -0.152. The van der Waals surface area contributed by atoms with Crippen LogP contribution in [0.25, 0.3) is 0 Å². The molecule has 1 rings (SSSR count). The number of nitrogens with two attached hydrogens (primary N) is 2. The van der Waals surface area contributed by atoms with Gasteiger partial charge in [-0.3, -0.25) is 10.1 Å². The van der Waals surface area contributed by atoms with Gasteiger partial charge in [0.1, 0.15) is 12.3 Å². The molecule has 0 aliphatic carbocycles. The van der Waals surface area contributed by atoms with Crippen LogP contribution in [0.2, 0.25) is 0 Å². The number of hydrogen-bond donors (Lipinski definition) is 6. The summed E-state index contributed by atoms with van der Waals surface area (Å²) in [5, 5.41) is 30.3. The summed E-state index contributed by atoms with van der Waals surface area (Å²) < 4.78 is 0. The molecule has 4 atom stereocenters. The van der Waals surface area contributed by atoms with Crippen LogP contribution in [0.5, 0.6) is 0 Å². The number of nitrogens with zero attached hydrogens (tertiary/aromatic N) is 1. The van der Waals surface area contributed by atoms with E-state index in [-0.39, 0.29) is 12.5 Å². The van der Waals surface area contributed by atoms with Crippen molar-refractivity contribution in [3.05, 3.63) is 0 Å². The maximum Gasteiger partial charge on any atom is 0.310 e. The summed E-state index contributed by atoms with van der Waals surface area (Å²) in [6, 6.07) is 0. The molecule has 15 heavy (non-hydrogen) atoms. The van der Waals surface area contributed by atoms with E-state index >= 15 is 0 Å². The van der Waals surface area contributed by atoms with Gasteiger partial charge in [0.15, 0.2) is 5.96 Å². The first-order valence-electron chi connectivity index (χ1n) is 4.34. The minimum Gasteiger partial charge on any atom is -0.481 e. The van der Waals surface area contributed by atoms with Gasteiger partial charge in [0.25, 0.3) is 0 Å². The molecule has 8 heteroatoms. The SMILES string of the molecule is NC(N)=NC1NCC(C(=O)O)C(O)C1O. The molecule has 0 saturated carbocycles. The zero-order valence-corrected chi connectivity index (χ0v) is 7.87. The number of carbonyl (C=O) groups is 1. The van der Waals surface area contributed by atoms with Crippen LogP contribution in [0, 0.1) is 5.92 Å². The van der Waals surface area contributed by atoms with E-state index in [1.807, 2.05) is 0 Å². The van der Waals surface area contributed by atoms with Crippen molar-refractivity contribution in [2.45, 2.75) is 18.4 Å². The van der Waals surface area contributed by atoms with Crippen molar-refractivity contribution in [3.8, 4) is 0 Å². The van der Waals surface area contributed by atoms with Crippen LogP contribution in [0.1, 0.15) is 0 Å². The number of aliphatic hydroxyl groups excluding tert-OH is 2. The van der Waals surface area contributed by atoms with E-state index in [4.69, 9.17) is 16.6 Å². The first-order valence-corrected chi connectivity index (χ1v) is 4.34. The van der Waals surface area contributed by atoms with Gasteiger partial charge in [0.05, 0.1) is 12.0 Å². The molecule has 1 saturated heterocycles. The number of carboxylic acids is 1. The molecule has 0 bridgehead atoms. The number of rotatable bonds is 2. The highest BCUT2D eigenvalue weighted by Crippen LogP contribution is 2.17. The van der Waals surface area contributed by atoms with Gasteiger partial charge in [-0.15, -0.1) is 0 Å². The molecule has 0 aromatic rings. The van der Waals surface area contributed by atoms with Crippen molar-refractivity contribution < 1.29 is 20.1 Å². The summed E-state index contributed by atoms with van der Waals surface area (Å²) >= 11 is 0. The molecule has 86 valence electrons. The maximum atomic E-state index is 10.6. The van der Waals surface area contributed by atoms with Crippen LogP contribution in [0.4, 0.5) is 0 Å². The summed E-state index contributed by atoms with van der Waals surface area (Å²) in [4.78, 5) is 14.3. The number of guanidine groups is 1. The summed E-state index contributed by atoms with van der Waals surface area (Å²) in [6.07, 6.45) is -3.61. The zero-order chi connectivity index (χ0) is 11.6. The smallest absolute Gasteiger partial charge is 0.310 e. The Kier molecular flexibility index (Phi) is 3.45. The second-order valence-corrected chi connectivity index (χ2v) is 3.33. The van der Waals surface area contributed by atoms with Gasteiger partial charge in [0.2, 0.25) is 0 Å². The Bertz CT molecular complexity index is 278. The van der Waals surface area contributed by atoms with Gasteiger partial charge in [-0.2, -0.15) is 0 Å². The molecule has 0 radical (unpaired) electrons. The van der Waals surface area contributed by atoms with E-state index in [1.165, 1.54) is 0 Å². The predicted molar refractivity (Wildman–Crippen MR) is 50.7 cm³/mol. The van der Waals surface area contributed by atoms with Crippen LogP contribution in [0.15, 0.2) is 4.99 Å². The molecular formula is C7H14N4O4. The Balaban J connectivity index is 2.73. The third-order valence-electron chi connectivity index (χ3n) is 2.24. The van der Waals surface area contributed by atoms with E-state index < -0.39 is 30.3 Å². The molecule has 1 aliphatic rings. The average Bonchev–Trinajstić information content (AvgIpc) is 2.12. The fourth-order valence-corrected chi connectivity index (χ4v) is 1.43. The number of nitrogens with one attached hydrogen (secondary N) is 1. The minimum atomic E-state index is -1.39. The molecule has 0 aromatic heterocycles. The van der Waals surface area contributed by atoms with Gasteiger partial charge in [-0.05, 0) is 0 Å². The van der Waals surface area contributed by atoms with Gasteiger partial charge in [-0.25, -0.2) is 4.99 Å². The maximum absolute atomic E-state index is 10.6. The number of aliphatic hydroxyl groups is 2. The van der Waals surface area contributed by atoms with Gasteiger partial charge in [-0.1, -0.05) is 0 Å². The fourth-order valence-electron chi connectivity index (χ4n) is 1.43. The Morgan fingerprint density at radius 2 is 1.93 bits per heavy atom. The first kappa shape index (κ1) is 11.7. The lowest BCUT2D eigenvalue weighted by Crippen LogP contribution is -2.59. The predicted octanol–water partition coefficient (Wildman–Crippen LogP) is -3.39. The standard InChI is InChI=1S/C7H14N4O4/c8-7(9)11-5-4(13)3(12)2(1-10-5)6(14)15/h2-5,10,12-13H,1H2,(H,14,15)(H4,8,9,11). The number of piperidine rings is 1. The number of aliphatic carboxylic acids is 1. The minimum absolute atomic E-state index is 0.00495. The fraction of sp³-hybridized carbons (Fsp3) is 0.714.